The monoisotopic (exact) mass is 462 g/mol. The number of anilines is 3. The van der Waals surface area contributed by atoms with Gasteiger partial charge in [-0.15, -0.1) is 11.6 Å². The van der Waals surface area contributed by atoms with E-state index in [1.165, 1.54) is 0 Å². The lowest BCUT2D eigenvalue weighted by atomic mass is 10.2. The van der Waals surface area contributed by atoms with E-state index in [0.29, 0.717) is 18.2 Å². The van der Waals surface area contributed by atoms with Gasteiger partial charge in [0.1, 0.15) is 5.69 Å². The summed E-state index contributed by atoms with van der Waals surface area (Å²) in [6.45, 7) is 0. The van der Waals surface area contributed by atoms with Crippen molar-refractivity contribution in [3.05, 3.63) is 52.6 Å². The summed E-state index contributed by atoms with van der Waals surface area (Å²) in [4.78, 5) is 0. The summed E-state index contributed by atoms with van der Waals surface area (Å²) in [6, 6.07) is 3.88. The molecule has 12 heteroatoms. The third kappa shape index (κ3) is 5.62. The molecule has 4 nitrogen and oxygen atoms in total. The van der Waals surface area contributed by atoms with Crippen LogP contribution in [-0.2, 0) is 16.2 Å². The molecule has 0 saturated carbocycles. The van der Waals surface area contributed by atoms with E-state index >= 15 is 0 Å². The van der Waals surface area contributed by atoms with Gasteiger partial charge < -0.3 is 5.32 Å². The molecule has 28 heavy (non-hydrogen) atoms. The highest BCUT2D eigenvalue weighted by molar-refractivity contribution is 7.92. The lowest BCUT2D eigenvalue weighted by Gasteiger charge is -2.17. The number of sulfonamides is 1. The SMILES string of the molecule is O=S(=O)(CCCCl)Nc1ccc(F)c(F)c1Nc1ccc(C(F)(F)F)cc1Cl. The quantitative estimate of drug-likeness (QED) is 0.406. The molecule has 154 valence electrons. The van der Waals surface area contributed by atoms with Crippen LogP contribution in [-0.4, -0.2) is 20.1 Å². The minimum absolute atomic E-state index is 0.0744. The van der Waals surface area contributed by atoms with Crippen molar-refractivity contribution in [3.63, 3.8) is 0 Å². The van der Waals surface area contributed by atoms with E-state index in [1.54, 1.807) is 0 Å². The van der Waals surface area contributed by atoms with E-state index in [0.717, 1.165) is 12.1 Å². The Labute approximate surface area is 167 Å². The second-order valence-electron chi connectivity index (χ2n) is 5.56. The fourth-order valence-corrected chi connectivity index (χ4v) is 3.80. The lowest BCUT2D eigenvalue weighted by molar-refractivity contribution is -0.137. The molecule has 0 bridgehead atoms. The zero-order valence-electron chi connectivity index (χ0n) is 13.9. The van der Waals surface area contributed by atoms with Crippen LogP contribution in [0.5, 0.6) is 0 Å². The molecule has 0 atom stereocenters. The van der Waals surface area contributed by atoms with Gasteiger partial charge in [0.15, 0.2) is 11.6 Å². The van der Waals surface area contributed by atoms with Crippen LogP contribution >= 0.6 is 23.2 Å². The van der Waals surface area contributed by atoms with E-state index in [-0.39, 0.29) is 29.4 Å². The van der Waals surface area contributed by atoms with E-state index in [4.69, 9.17) is 23.2 Å². The van der Waals surface area contributed by atoms with Gasteiger partial charge in [0.2, 0.25) is 10.0 Å². The second-order valence-corrected chi connectivity index (χ2v) is 8.19. The van der Waals surface area contributed by atoms with Crippen molar-refractivity contribution >= 4 is 50.3 Å². The van der Waals surface area contributed by atoms with E-state index in [2.05, 4.69) is 10.0 Å². The summed E-state index contributed by atoms with van der Waals surface area (Å²) >= 11 is 11.2. The van der Waals surface area contributed by atoms with Gasteiger partial charge in [-0.1, -0.05) is 11.6 Å². The van der Waals surface area contributed by atoms with Crippen molar-refractivity contribution in [3.8, 4) is 0 Å². The van der Waals surface area contributed by atoms with Crippen LogP contribution in [0.2, 0.25) is 5.02 Å². The first-order valence-corrected chi connectivity index (χ1v) is 10.2. The second kappa shape index (κ2) is 8.71. The maximum atomic E-state index is 14.3. The molecule has 0 aromatic heterocycles. The van der Waals surface area contributed by atoms with Crippen molar-refractivity contribution in [2.45, 2.75) is 12.6 Å². The van der Waals surface area contributed by atoms with Crippen LogP contribution in [0.3, 0.4) is 0 Å². The molecule has 0 aliphatic carbocycles. The number of nitrogens with one attached hydrogen (secondary N) is 2. The van der Waals surface area contributed by atoms with Crippen molar-refractivity contribution in [1.82, 2.24) is 0 Å². The predicted molar refractivity (Wildman–Crippen MR) is 98.8 cm³/mol. The molecule has 0 unspecified atom stereocenters. The Balaban J connectivity index is 2.41. The Morgan fingerprint density at radius 2 is 1.68 bits per heavy atom. The normalized spacial score (nSPS) is 12.1. The van der Waals surface area contributed by atoms with Crippen LogP contribution in [0.15, 0.2) is 30.3 Å². The van der Waals surface area contributed by atoms with Gasteiger partial charge in [0.05, 0.1) is 27.7 Å². The van der Waals surface area contributed by atoms with Crippen LogP contribution in [0.25, 0.3) is 0 Å². The van der Waals surface area contributed by atoms with Gasteiger partial charge in [-0.05, 0) is 36.8 Å². The molecule has 2 N–H and O–H groups in total. The van der Waals surface area contributed by atoms with Crippen LogP contribution in [0.1, 0.15) is 12.0 Å². The van der Waals surface area contributed by atoms with Gasteiger partial charge in [-0.3, -0.25) is 4.72 Å². The van der Waals surface area contributed by atoms with Gasteiger partial charge in [-0.25, -0.2) is 17.2 Å². The summed E-state index contributed by atoms with van der Waals surface area (Å²) < 4.78 is 92.2. The van der Waals surface area contributed by atoms with E-state index in [1.807, 2.05) is 0 Å². The minimum Gasteiger partial charge on any atom is -0.350 e. The van der Waals surface area contributed by atoms with Crippen LogP contribution in [0.4, 0.5) is 39.0 Å². The third-order valence-electron chi connectivity index (χ3n) is 3.46. The molecule has 0 aliphatic heterocycles. The lowest BCUT2D eigenvalue weighted by Crippen LogP contribution is -2.18. The Morgan fingerprint density at radius 1 is 1.04 bits per heavy atom. The van der Waals surface area contributed by atoms with Crippen molar-refractivity contribution in [2.75, 3.05) is 21.7 Å². The van der Waals surface area contributed by atoms with Crippen molar-refractivity contribution < 1.29 is 30.4 Å². The Hall–Kier alpha value is -1.78. The molecule has 2 rings (SSSR count). The van der Waals surface area contributed by atoms with Crippen molar-refractivity contribution in [2.24, 2.45) is 0 Å². The topological polar surface area (TPSA) is 58.2 Å². The average molecular weight is 463 g/mol. The molecule has 0 radical (unpaired) electrons. The fourth-order valence-electron chi connectivity index (χ4n) is 2.15. The largest absolute Gasteiger partial charge is 0.416 e. The number of hydrogen-bond acceptors (Lipinski definition) is 3. The molecule has 2 aromatic carbocycles. The molecule has 0 amide bonds. The Morgan fingerprint density at radius 3 is 2.25 bits per heavy atom. The summed E-state index contributed by atoms with van der Waals surface area (Å²) in [7, 11) is -3.92. The predicted octanol–water partition coefficient (Wildman–Crippen LogP) is 5.75. The van der Waals surface area contributed by atoms with Gasteiger partial charge in [0, 0.05) is 5.88 Å². The third-order valence-corrected chi connectivity index (χ3v) is 5.40. The number of alkyl halides is 4. The molecule has 0 spiro atoms. The van der Waals surface area contributed by atoms with Crippen LogP contribution in [0, 0.1) is 11.6 Å². The first-order valence-electron chi connectivity index (χ1n) is 7.63. The van der Waals surface area contributed by atoms with Crippen LogP contribution < -0.4 is 10.0 Å². The minimum atomic E-state index is -4.64. The van der Waals surface area contributed by atoms with Crippen molar-refractivity contribution in [1.29, 1.82) is 0 Å². The summed E-state index contributed by atoms with van der Waals surface area (Å²) in [5.74, 6) is -3.02. The average Bonchev–Trinajstić information content (AvgIpc) is 2.60. The molecular weight excluding hydrogens is 450 g/mol. The molecule has 0 fully saturated rings. The smallest absolute Gasteiger partial charge is 0.350 e. The maximum Gasteiger partial charge on any atom is 0.416 e. The van der Waals surface area contributed by atoms with Gasteiger partial charge in [0.25, 0.3) is 0 Å². The highest BCUT2D eigenvalue weighted by Gasteiger charge is 2.31. The van der Waals surface area contributed by atoms with Gasteiger partial charge in [-0.2, -0.15) is 13.2 Å². The summed E-state index contributed by atoms with van der Waals surface area (Å²) in [5.41, 5.74) is -2.19. The Kier molecular flexibility index (Phi) is 7.00. The zero-order chi connectivity index (χ0) is 21.1. The zero-order valence-corrected chi connectivity index (χ0v) is 16.2. The molecule has 0 aliphatic rings. The molecule has 0 saturated heterocycles. The summed E-state index contributed by atoms with van der Waals surface area (Å²) in [6.07, 6.45) is -4.52. The fraction of sp³-hybridized carbons (Fsp3) is 0.250. The maximum absolute atomic E-state index is 14.3. The number of halogens is 7. The first-order chi connectivity index (χ1) is 12.9. The van der Waals surface area contributed by atoms with E-state index < -0.39 is 44.1 Å². The molecular formula is C16H13Cl2F5N2O2S. The number of benzene rings is 2. The summed E-state index contributed by atoms with van der Waals surface area (Å²) in [5, 5.41) is 1.92. The van der Waals surface area contributed by atoms with Gasteiger partial charge >= 0.3 is 6.18 Å². The molecule has 0 heterocycles. The highest BCUT2D eigenvalue weighted by atomic mass is 35.5. The number of hydrogen-bond donors (Lipinski definition) is 2. The molecule has 2 aromatic rings. The van der Waals surface area contributed by atoms with E-state index in [9.17, 15) is 30.4 Å². The highest BCUT2D eigenvalue weighted by Crippen LogP contribution is 2.37. The first kappa shape index (κ1) is 22.5. The number of rotatable bonds is 7. The Bertz CT molecular complexity index is 968. The standard InChI is InChI=1S/C16H13Cl2F5N2O2S/c17-6-1-7-28(26,27)25-13-5-3-11(19)14(20)15(13)24-12-4-2-9(8-10(12)18)16(21,22)23/h2-5,8,24-25H,1,6-7H2.